The average Bonchev–Trinajstić information content (AvgIpc) is 3.02. The van der Waals surface area contributed by atoms with Crippen LogP contribution in [0.2, 0.25) is 0 Å². The fourth-order valence-corrected chi connectivity index (χ4v) is 3.35. The largest absolute Gasteiger partial charge is 0.481 e. The highest BCUT2D eigenvalue weighted by Crippen LogP contribution is 2.32. The van der Waals surface area contributed by atoms with Crippen LogP contribution in [-0.4, -0.2) is 51.8 Å². The number of hydrogen-bond donors (Lipinski definition) is 1. The van der Waals surface area contributed by atoms with Gasteiger partial charge in [-0.15, -0.1) is 0 Å². The van der Waals surface area contributed by atoms with Gasteiger partial charge in [0, 0.05) is 29.4 Å². The topological polar surface area (TPSA) is 77.9 Å². The first-order valence-corrected chi connectivity index (χ1v) is 7.54. The van der Waals surface area contributed by atoms with Crippen LogP contribution in [0.25, 0.3) is 5.70 Å². The number of carboxylic acid groups (broad SMARTS) is 1. The van der Waals surface area contributed by atoms with Gasteiger partial charge in [0.05, 0.1) is 5.92 Å². The molecular weight excluding hydrogens is 296 g/mol. The van der Waals surface area contributed by atoms with Crippen molar-refractivity contribution in [2.24, 2.45) is 5.92 Å². The van der Waals surface area contributed by atoms with E-state index in [2.05, 4.69) is 6.58 Å². The molecule has 0 aromatic heterocycles. The lowest BCUT2D eigenvalue weighted by atomic mass is 10.0. The molecule has 23 heavy (non-hydrogen) atoms. The molecule has 0 saturated carbocycles. The fraction of sp³-hybridized carbons (Fsp3) is 0.353. The Morgan fingerprint density at radius 2 is 1.96 bits per heavy atom. The maximum Gasteiger partial charge on any atom is 0.308 e. The summed E-state index contributed by atoms with van der Waals surface area (Å²) in [6.07, 6.45) is 0.442. The zero-order valence-corrected chi connectivity index (χ0v) is 12.9. The molecule has 1 aromatic carbocycles. The average molecular weight is 314 g/mol. The van der Waals surface area contributed by atoms with Crippen molar-refractivity contribution >= 4 is 23.5 Å². The number of carbonyl (C=O) groups is 3. The van der Waals surface area contributed by atoms with E-state index in [0.717, 1.165) is 5.56 Å². The first-order chi connectivity index (χ1) is 10.9. The van der Waals surface area contributed by atoms with Crippen molar-refractivity contribution in [3.05, 3.63) is 42.0 Å². The second kappa shape index (κ2) is 5.53. The zero-order valence-electron chi connectivity index (χ0n) is 12.9. The Kier molecular flexibility index (Phi) is 3.67. The predicted molar refractivity (Wildman–Crippen MR) is 83.4 cm³/mol. The first kappa shape index (κ1) is 15.3. The summed E-state index contributed by atoms with van der Waals surface area (Å²) in [7, 11) is 0. The number of rotatable bonds is 3. The summed E-state index contributed by atoms with van der Waals surface area (Å²) in [5.74, 6) is -1.92. The molecule has 2 unspecified atom stereocenters. The van der Waals surface area contributed by atoms with E-state index in [-0.39, 0.29) is 24.4 Å². The molecule has 2 aliphatic heterocycles. The van der Waals surface area contributed by atoms with Gasteiger partial charge in [-0.25, -0.2) is 0 Å². The monoisotopic (exact) mass is 314 g/mol. The number of nitrogens with zero attached hydrogens (tertiary/aromatic N) is 2. The van der Waals surface area contributed by atoms with Crippen LogP contribution in [0.4, 0.5) is 0 Å². The van der Waals surface area contributed by atoms with Gasteiger partial charge >= 0.3 is 5.97 Å². The third kappa shape index (κ3) is 2.40. The van der Waals surface area contributed by atoms with Crippen LogP contribution in [0.1, 0.15) is 29.3 Å². The van der Waals surface area contributed by atoms with Crippen molar-refractivity contribution in [3.8, 4) is 0 Å². The summed E-state index contributed by atoms with van der Waals surface area (Å²) in [4.78, 5) is 39.0. The van der Waals surface area contributed by atoms with E-state index in [9.17, 15) is 14.4 Å². The summed E-state index contributed by atoms with van der Waals surface area (Å²) in [5.41, 5.74) is 1.80. The maximum absolute atomic E-state index is 12.5. The highest BCUT2D eigenvalue weighted by atomic mass is 16.4. The van der Waals surface area contributed by atoms with Crippen LogP contribution >= 0.6 is 0 Å². The van der Waals surface area contributed by atoms with Crippen molar-refractivity contribution in [3.63, 3.8) is 0 Å². The lowest BCUT2D eigenvalue weighted by molar-refractivity contribution is -0.143. The molecule has 0 spiro atoms. The molecule has 2 heterocycles. The van der Waals surface area contributed by atoms with Gasteiger partial charge < -0.3 is 10.0 Å². The van der Waals surface area contributed by atoms with Crippen LogP contribution in [-0.2, 0) is 9.59 Å². The Balaban J connectivity index is 1.74. The highest BCUT2D eigenvalue weighted by molar-refractivity contribution is 6.10. The van der Waals surface area contributed by atoms with E-state index in [1.54, 1.807) is 30.0 Å². The zero-order chi connectivity index (χ0) is 16.7. The van der Waals surface area contributed by atoms with Gasteiger partial charge in [-0.3, -0.25) is 19.3 Å². The SMILES string of the molecule is C=C1c2ccccc2C(=O)N1CC(=O)N1CCC(C(=O)O)C1C. The third-order valence-corrected chi connectivity index (χ3v) is 4.73. The maximum atomic E-state index is 12.5. The van der Waals surface area contributed by atoms with Crippen molar-refractivity contribution < 1.29 is 19.5 Å². The lowest BCUT2D eigenvalue weighted by Crippen LogP contribution is -2.43. The number of likely N-dealkylation sites (tertiary alicyclic amines) is 1. The molecule has 0 bridgehead atoms. The standard InChI is InChI=1S/C17H18N2O4/c1-10-12-5-3-4-6-14(12)16(21)19(10)9-15(20)18-8-7-13(11(18)2)17(22)23/h3-6,11,13H,1,7-9H2,2H3,(H,22,23). The van der Waals surface area contributed by atoms with Gasteiger partial charge in [-0.2, -0.15) is 0 Å². The fourth-order valence-electron chi connectivity index (χ4n) is 3.35. The summed E-state index contributed by atoms with van der Waals surface area (Å²) >= 11 is 0. The molecule has 6 heteroatoms. The van der Waals surface area contributed by atoms with Crippen LogP contribution < -0.4 is 0 Å². The summed E-state index contributed by atoms with van der Waals surface area (Å²) in [6.45, 7) is 5.94. The second-order valence-electron chi connectivity index (χ2n) is 5.94. The van der Waals surface area contributed by atoms with E-state index in [4.69, 9.17) is 5.11 Å². The van der Waals surface area contributed by atoms with Crippen LogP contribution in [0, 0.1) is 5.92 Å². The lowest BCUT2D eigenvalue weighted by Gasteiger charge is -2.26. The molecule has 1 saturated heterocycles. The summed E-state index contributed by atoms with van der Waals surface area (Å²) in [6, 6.07) is 6.75. The smallest absolute Gasteiger partial charge is 0.308 e. The molecule has 2 atom stereocenters. The Hall–Kier alpha value is -2.63. The molecule has 120 valence electrons. The molecule has 1 N–H and O–H groups in total. The van der Waals surface area contributed by atoms with Gasteiger partial charge in [-0.05, 0) is 19.4 Å². The van der Waals surface area contributed by atoms with Gasteiger partial charge in [0.1, 0.15) is 6.54 Å². The molecule has 0 radical (unpaired) electrons. The van der Waals surface area contributed by atoms with E-state index in [0.29, 0.717) is 24.2 Å². The second-order valence-corrected chi connectivity index (χ2v) is 5.94. The van der Waals surface area contributed by atoms with Gasteiger partial charge in [0.2, 0.25) is 5.91 Å². The van der Waals surface area contributed by atoms with E-state index < -0.39 is 11.9 Å². The summed E-state index contributed by atoms with van der Waals surface area (Å²) < 4.78 is 0. The van der Waals surface area contributed by atoms with E-state index >= 15 is 0 Å². The molecule has 3 rings (SSSR count). The molecule has 2 aliphatic rings. The molecular formula is C17H18N2O4. The number of amides is 2. The minimum absolute atomic E-state index is 0.108. The van der Waals surface area contributed by atoms with Crippen molar-refractivity contribution in [1.29, 1.82) is 0 Å². The molecule has 1 fully saturated rings. The minimum atomic E-state index is -0.887. The van der Waals surface area contributed by atoms with Crippen LogP contribution in [0.3, 0.4) is 0 Å². The Bertz CT molecular complexity index is 677. The number of carbonyl (C=O) groups excluding carboxylic acids is 2. The third-order valence-electron chi connectivity index (χ3n) is 4.73. The number of hydrogen-bond acceptors (Lipinski definition) is 3. The first-order valence-electron chi connectivity index (χ1n) is 7.54. The minimum Gasteiger partial charge on any atom is -0.481 e. The van der Waals surface area contributed by atoms with E-state index in [1.807, 2.05) is 6.07 Å². The van der Waals surface area contributed by atoms with Gasteiger partial charge in [-0.1, -0.05) is 24.8 Å². The highest BCUT2D eigenvalue weighted by Gasteiger charge is 2.40. The number of carboxylic acids is 1. The Morgan fingerprint density at radius 3 is 2.52 bits per heavy atom. The summed E-state index contributed by atoms with van der Waals surface area (Å²) in [5, 5.41) is 9.15. The van der Waals surface area contributed by atoms with Crippen molar-refractivity contribution in [2.45, 2.75) is 19.4 Å². The van der Waals surface area contributed by atoms with Crippen LogP contribution in [0.5, 0.6) is 0 Å². The van der Waals surface area contributed by atoms with Gasteiger partial charge in [0.15, 0.2) is 0 Å². The number of aliphatic carboxylic acids is 1. The Morgan fingerprint density at radius 1 is 1.30 bits per heavy atom. The number of fused-ring (bicyclic) bond motifs is 1. The predicted octanol–water partition coefficient (Wildman–Crippen LogP) is 1.43. The Labute approximate surface area is 134 Å². The van der Waals surface area contributed by atoms with Gasteiger partial charge in [0.25, 0.3) is 5.91 Å². The van der Waals surface area contributed by atoms with Crippen LogP contribution in [0.15, 0.2) is 30.8 Å². The normalized spacial score (nSPS) is 23.3. The quantitative estimate of drug-likeness (QED) is 0.915. The van der Waals surface area contributed by atoms with Crippen molar-refractivity contribution in [2.75, 3.05) is 13.1 Å². The van der Waals surface area contributed by atoms with Crippen molar-refractivity contribution in [1.82, 2.24) is 9.80 Å². The molecule has 0 aliphatic carbocycles. The van der Waals surface area contributed by atoms with E-state index in [1.165, 1.54) is 4.90 Å². The number of benzene rings is 1. The molecule has 1 aromatic rings. The molecule has 6 nitrogen and oxygen atoms in total. The molecule has 2 amide bonds.